The SMILES string of the molecule is CCc1ccc(C(=O)N(N)C(C)(C)C)cc1.Cc1ccc(C(=O)Cl)cc1.Cl.Cl. The average molecular weight is 448 g/mol. The van der Waals surface area contributed by atoms with Crippen molar-refractivity contribution in [3.63, 3.8) is 0 Å². The summed E-state index contributed by atoms with van der Waals surface area (Å²) in [6.07, 6.45) is 0.972. The van der Waals surface area contributed by atoms with Gasteiger partial charge in [-0.05, 0) is 75.5 Å². The number of rotatable bonds is 3. The van der Waals surface area contributed by atoms with Crippen molar-refractivity contribution < 1.29 is 9.59 Å². The van der Waals surface area contributed by atoms with E-state index in [0.717, 1.165) is 12.0 Å². The zero-order chi connectivity index (χ0) is 19.9. The van der Waals surface area contributed by atoms with Crippen LogP contribution in [0.25, 0.3) is 0 Å². The summed E-state index contributed by atoms with van der Waals surface area (Å²) >= 11 is 5.22. The fourth-order valence-corrected chi connectivity index (χ4v) is 2.14. The van der Waals surface area contributed by atoms with Crippen molar-refractivity contribution in [1.82, 2.24) is 5.01 Å². The summed E-state index contributed by atoms with van der Waals surface area (Å²) in [4.78, 5) is 22.5. The second kappa shape index (κ2) is 12.8. The number of halogens is 3. The number of nitrogens with two attached hydrogens (primary N) is 1. The largest absolute Gasteiger partial charge is 0.276 e. The average Bonchev–Trinajstić information content (AvgIpc) is 2.60. The molecule has 0 heterocycles. The van der Waals surface area contributed by atoms with Gasteiger partial charge >= 0.3 is 0 Å². The van der Waals surface area contributed by atoms with Gasteiger partial charge in [0.25, 0.3) is 11.1 Å². The van der Waals surface area contributed by atoms with Crippen molar-refractivity contribution in [1.29, 1.82) is 0 Å². The Balaban J connectivity index is 0. The number of carbonyl (C=O) groups excluding carboxylic acids is 2. The maximum Gasteiger partial charge on any atom is 0.268 e. The minimum absolute atomic E-state index is 0. The van der Waals surface area contributed by atoms with E-state index in [1.165, 1.54) is 10.6 Å². The second-order valence-corrected chi connectivity index (χ2v) is 7.38. The smallest absolute Gasteiger partial charge is 0.268 e. The van der Waals surface area contributed by atoms with Gasteiger partial charge < -0.3 is 0 Å². The Morgan fingerprint density at radius 1 is 0.929 bits per heavy atom. The molecule has 7 heteroatoms. The molecule has 0 saturated heterocycles. The minimum Gasteiger partial charge on any atom is -0.276 e. The van der Waals surface area contributed by atoms with Crippen LogP contribution >= 0.6 is 36.4 Å². The molecular weight excluding hydrogens is 419 g/mol. The number of aryl methyl sites for hydroxylation is 2. The second-order valence-electron chi connectivity index (χ2n) is 7.04. The maximum absolute atomic E-state index is 12.0. The van der Waals surface area contributed by atoms with Crippen LogP contribution in [0.15, 0.2) is 48.5 Å². The standard InChI is InChI=1S/C13H20N2O.C8H7ClO.2ClH/c1-5-10-6-8-11(9-7-10)12(16)15(14)13(2,3)4;1-6-2-4-7(5-3-6)8(9)10;;/h6-9H,5,14H2,1-4H3;2-5H,1H3;2*1H. The summed E-state index contributed by atoms with van der Waals surface area (Å²) in [5.41, 5.74) is 3.17. The van der Waals surface area contributed by atoms with E-state index in [1.807, 2.05) is 64.1 Å². The van der Waals surface area contributed by atoms with Crippen molar-refractivity contribution in [2.24, 2.45) is 5.84 Å². The molecule has 28 heavy (non-hydrogen) atoms. The van der Waals surface area contributed by atoms with Gasteiger partial charge in [-0.3, -0.25) is 14.6 Å². The van der Waals surface area contributed by atoms with Gasteiger partial charge in [0.05, 0.1) is 5.54 Å². The van der Waals surface area contributed by atoms with E-state index in [1.54, 1.807) is 12.1 Å². The lowest BCUT2D eigenvalue weighted by Crippen LogP contribution is -2.50. The Kier molecular flexibility index (Phi) is 13.1. The lowest BCUT2D eigenvalue weighted by Gasteiger charge is -2.31. The zero-order valence-electron chi connectivity index (χ0n) is 16.9. The lowest BCUT2D eigenvalue weighted by molar-refractivity contribution is 0.0581. The quantitative estimate of drug-likeness (QED) is 0.289. The van der Waals surface area contributed by atoms with Gasteiger partial charge in [0.1, 0.15) is 0 Å². The molecule has 0 spiro atoms. The van der Waals surface area contributed by atoms with Crippen molar-refractivity contribution >= 4 is 47.6 Å². The van der Waals surface area contributed by atoms with E-state index in [2.05, 4.69) is 6.92 Å². The molecule has 2 aromatic rings. The van der Waals surface area contributed by atoms with Crippen LogP contribution in [0.5, 0.6) is 0 Å². The third-order valence-corrected chi connectivity index (χ3v) is 4.05. The Morgan fingerprint density at radius 2 is 1.36 bits per heavy atom. The van der Waals surface area contributed by atoms with Crippen LogP contribution in [0.1, 0.15) is 59.5 Å². The first kappa shape index (κ1) is 28.6. The number of hydrogen-bond acceptors (Lipinski definition) is 3. The van der Waals surface area contributed by atoms with E-state index in [9.17, 15) is 9.59 Å². The van der Waals surface area contributed by atoms with E-state index in [-0.39, 0.29) is 36.3 Å². The Bertz CT molecular complexity index is 740. The highest BCUT2D eigenvalue weighted by Gasteiger charge is 2.24. The van der Waals surface area contributed by atoms with Gasteiger partial charge in [-0.15, -0.1) is 24.8 Å². The van der Waals surface area contributed by atoms with Crippen LogP contribution in [-0.2, 0) is 6.42 Å². The highest BCUT2D eigenvalue weighted by Crippen LogP contribution is 2.14. The topological polar surface area (TPSA) is 63.4 Å². The van der Waals surface area contributed by atoms with Gasteiger partial charge in [-0.2, -0.15) is 0 Å². The van der Waals surface area contributed by atoms with E-state index in [4.69, 9.17) is 17.4 Å². The molecule has 156 valence electrons. The van der Waals surface area contributed by atoms with E-state index >= 15 is 0 Å². The monoisotopic (exact) mass is 446 g/mol. The number of hydrazine groups is 1. The lowest BCUT2D eigenvalue weighted by atomic mass is 10.1. The summed E-state index contributed by atoms with van der Waals surface area (Å²) in [7, 11) is 0. The fourth-order valence-electron chi connectivity index (χ4n) is 2.01. The summed E-state index contributed by atoms with van der Waals surface area (Å²) < 4.78 is 0. The third-order valence-electron chi connectivity index (χ3n) is 3.83. The highest BCUT2D eigenvalue weighted by atomic mass is 35.5. The number of nitrogens with zero attached hydrogens (tertiary/aromatic N) is 1. The Hall–Kier alpha value is -1.59. The molecule has 0 aliphatic heterocycles. The molecule has 2 aromatic carbocycles. The molecule has 0 aromatic heterocycles. The predicted octanol–water partition coefficient (Wildman–Crippen LogP) is 5.58. The maximum atomic E-state index is 12.0. The molecule has 1 amide bonds. The number of hydrogen-bond donors (Lipinski definition) is 1. The molecule has 4 nitrogen and oxygen atoms in total. The highest BCUT2D eigenvalue weighted by molar-refractivity contribution is 6.67. The van der Waals surface area contributed by atoms with E-state index < -0.39 is 5.24 Å². The Labute approximate surface area is 185 Å². The number of benzene rings is 2. The summed E-state index contributed by atoms with van der Waals surface area (Å²) in [5.74, 6) is 5.64. The number of amides is 1. The molecular formula is C21H29Cl3N2O2. The van der Waals surface area contributed by atoms with Crippen molar-refractivity contribution in [2.45, 2.75) is 46.6 Å². The van der Waals surface area contributed by atoms with Gasteiger partial charge in [0.15, 0.2) is 0 Å². The summed E-state index contributed by atoms with van der Waals surface area (Å²) in [6.45, 7) is 9.77. The van der Waals surface area contributed by atoms with Crippen molar-refractivity contribution in [3.8, 4) is 0 Å². The zero-order valence-corrected chi connectivity index (χ0v) is 19.3. The number of carbonyl (C=O) groups is 2. The third kappa shape index (κ3) is 9.07. The summed E-state index contributed by atoms with van der Waals surface area (Å²) in [6, 6.07) is 14.7. The van der Waals surface area contributed by atoms with E-state index in [0.29, 0.717) is 11.1 Å². The predicted molar refractivity (Wildman–Crippen MR) is 122 cm³/mol. The van der Waals surface area contributed by atoms with Crippen molar-refractivity contribution in [2.75, 3.05) is 0 Å². The molecule has 0 bridgehead atoms. The molecule has 0 aliphatic rings. The van der Waals surface area contributed by atoms with Crippen molar-refractivity contribution in [3.05, 3.63) is 70.8 Å². The van der Waals surface area contributed by atoms with Crippen LogP contribution in [0.4, 0.5) is 0 Å². The molecule has 0 aliphatic carbocycles. The summed E-state index contributed by atoms with van der Waals surface area (Å²) in [5, 5.41) is 0.869. The Morgan fingerprint density at radius 3 is 1.71 bits per heavy atom. The molecule has 0 unspecified atom stereocenters. The first-order chi connectivity index (χ1) is 12.1. The van der Waals surface area contributed by atoms with Gasteiger partial charge in [-0.25, -0.2) is 5.84 Å². The van der Waals surface area contributed by atoms with Crippen LogP contribution in [-0.4, -0.2) is 21.7 Å². The minimum atomic E-state index is -0.403. The van der Waals surface area contributed by atoms with Crippen LogP contribution in [0.2, 0.25) is 0 Å². The molecule has 0 fully saturated rings. The molecule has 2 rings (SSSR count). The van der Waals surface area contributed by atoms with Crippen LogP contribution in [0.3, 0.4) is 0 Å². The normalized spacial score (nSPS) is 9.82. The van der Waals surface area contributed by atoms with Gasteiger partial charge in [0, 0.05) is 11.1 Å². The first-order valence-electron chi connectivity index (χ1n) is 8.51. The molecule has 0 atom stereocenters. The fraction of sp³-hybridized carbons (Fsp3) is 0.333. The molecule has 0 saturated carbocycles. The first-order valence-corrected chi connectivity index (χ1v) is 8.88. The van der Waals surface area contributed by atoms with Gasteiger partial charge in [0.2, 0.25) is 0 Å². The van der Waals surface area contributed by atoms with Gasteiger partial charge in [-0.1, -0.05) is 36.8 Å². The van der Waals surface area contributed by atoms with Crippen LogP contribution < -0.4 is 5.84 Å². The molecule has 0 radical (unpaired) electrons. The van der Waals surface area contributed by atoms with Crippen LogP contribution in [0, 0.1) is 6.92 Å². The molecule has 2 N–H and O–H groups in total.